The number of aromatic nitrogens is 1. The molecule has 2 unspecified atom stereocenters. The highest BCUT2D eigenvalue weighted by molar-refractivity contribution is 5.96. The number of rotatable bonds is 7. The van der Waals surface area contributed by atoms with Crippen molar-refractivity contribution >= 4 is 40.9 Å². The van der Waals surface area contributed by atoms with Crippen molar-refractivity contribution in [1.82, 2.24) is 14.8 Å². The normalized spacial score (nSPS) is 36.9. The van der Waals surface area contributed by atoms with Crippen LogP contribution in [0.15, 0.2) is 48.6 Å². The maximum absolute atomic E-state index is 15.3. The number of para-hydroxylation sites is 1. The Morgan fingerprint density at radius 2 is 1.76 bits per heavy atom. The van der Waals surface area contributed by atoms with Crippen LogP contribution in [0.25, 0.3) is 10.9 Å². The van der Waals surface area contributed by atoms with Gasteiger partial charge >= 0.3 is 17.9 Å². The first-order valence-corrected chi connectivity index (χ1v) is 21.0. The molecule has 2 N–H and O–H groups in total. The molecule has 2 bridgehead atoms. The first-order valence-electron chi connectivity index (χ1n) is 21.0. The Bertz CT molecular complexity index is 2290. The fourth-order valence-electron chi connectivity index (χ4n) is 13.7. The van der Waals surface area contributed by atoms with Crippen molar-refractivity contribution < 1.29 is 43.2 Å². The van der Waals surface area contributed by atoms with E-state index < -0.39 is 57.3 Å². The Morgan fingerprint density at radius 1 is 1.00 bits per heavy atom. The molecule has 1 aromatic heterocycles. The number of carbonyl (C=O) groups excluding carboxylic acids is 4. The second kappa shape index (κ2) is 13.7. The van der Waals surface area contributed by atoms with Gasteiger partial charge in [-0.1, -0.05) is 37.3 Å². The number of piperidine rings is 1. The Balaban J connectivity index is 1.38. The molecule has 1 amide bonds. The van der Waals surface area contributed by atoms with Gasteiger partial charge in [0.2, 0.25) is 6.41 Å². The van der Waals surface area contributed by atoms with E-state index in [9.17, 15) is 19.5 Å². The highest BCUT2D eigenvalue weighted by Crippen LogP contribution is 2.70. The SMILES string of the molecule is CC[C@]12C=CCN3CC[C@@]4(c5cc([C@@]6(C(=O)OC)C[C@@H]7CN(CCc8c6[nH]c6ccccc86)C[C@@](C)(O)C7)c(OC)cc5N(C=O)C4[C@@](C)(C(=O)OC)[C@@H]1OC(C)=O)[C@@H]32. The summed E-state index contributed by atoms with van der Waals surface area (Å²) in [5.41, 5.74) is -1.10. The number of benzene rings is 2. The average molecular weight is 809 g/mol. The minimum Gasteiger partial charge on any atom is -0.496 e. The van der Waals surface area contributed by atoms with Gasteiger partial charge in [0.05, 0.1) is 38.7 Å². The van der Waals surface area contributed by atoms with Crippen LogP contribution in [-0.2, 0) is 50.6 Å². The smallest absolute Gasteiger partial charge is 0.322 e. The van der Waals surface area contributed by atoms with Crippen molar-refractivity contribution in [2.45, 2.75) is 94.4 Å². The van der Waals surface area contributed by atoms with Crippen LogP contribution >= 0.6 is 0 Å². The number of methoxy groups -OCH3 is 3. The number of hydrogen-bond donors (Lipinski definition) is 2. The number of nitrogens with zero attached hydrogens (tertiary/aromatic N) is 3. The molecule has 6 heterocycles. The number of carbonyl (C=O) groups is 4. The molecule has 6 aliphatic rings. The predicted octanol–water partition coefficient (Wildman–Crippen LogP) is 4.40. The molecule has 1 aliphatic carbocycles. The summed E-state index contributed by atoms with van der Waals surface area (Å²) in [7, 11) is 4.32. The summed E-state index contributed by atoms with van der Waals surface area (Å²) in [6.45, 7) is 10.3. The van der Waals surface area contributed by atoms with E-state index in [-0.39, 0.29) is 12.0 Å². The zero-order chi connectivity index (χ0) is 41.9. The second-order valence-electron chi connectivity index (χ2n) is 18.5. The number of aromatic amines is 1. The highest BCUT2D eigenvalue weighted by Gasteiger charge is 2.79. The van der Waals surface area contributed by atoms with E-state index in [0.717, 1.165) is 34.1 Å². The van der Waals surface area contributed by atoms with Crippen molar-refractivity contribution in [3.05, 3.63) is 70.9 Å². The molecule has 10 atom stereocenters. The lowest BCUT2D eigenvalue weighted by atomic mass is 9.45. The number of anilines is 1. The van der Waals surface area contributed by atoms with Gasteiger partial charge in [0.1, 0.15) is 22.7 Å². The van der Waals surface area contributed by atoms with Crippen molar-refractivity contribution in [3.8, 4) is 5.75 Å². The maximum Gasteiger partial charge on any atom is 0.322 e. The van der Waals surface area contributed by atoms with Gasteiger partial charge in [-0.2, -0.15) is 0 Å². The van der Waals surface area contributed by atoms with Gasteiger partial charge in [-0.3, -0.25) is 29.0 Å². The van der Waals surface area contributed by atoms with Gasteiger partial charge in [0.25, 0.3) is 0 Å². The molecule has 0 radical (unpaired) electrons. The fraction of sp³-hybridized carbons (Fsp3) is 0.565. The van der Waals surface area contributed by atoms with Gasteiger partial charge in [0.15, 0.2) is 0 Å². The Morgan fingerprint density at radius 3 is 2.46 bits per heavy atom. The molecule has 13 nitrogen and oxygen atoms in total. The molecular formula is C46H56N4O9. The fourth-order valence-corrected chi connectivity index (χ4v) is 13.7. The third-order valence-corrected chi connectivity index (χ3v) is 15.4. The summed E-state index contributed by atoms with van der Waals surface area (Å²) in [6, 6.07) is 10.9. The first-order chi connectivity index (χ1) is 28.2. The standard InChI is InChI=1S/C46H56N4O9/c1-8-44-15-11-17-49-19-16-45(38(44)49)31-20-32(35(56-5)21-34(31)50(26-51)37(45)43(4,40(53)57-6)39(44)59-27(2)52)46(41(54)58-7)23-28-22-42(3,55)25-48(24-28)18-14-30-29-12-9-10-13-33(29)47-36(30)46/h9-13,15,20-21,26,28,37-39,47,55H,8,14,16-19,22-25H2,1-7H3/t28-,37?,38+,39+,42+,43-,44-,45+,46+/m1/s1. The third-order valence-electron chi connectivity index (χ3n) is 15.4. The van der Waals surface area contributed by atoms with E-state index in [1.807, 2.05) is 31.2 Å². The van der Waals surface area contributed by atoms with Crippen LogP contribution < -0.4 is 9.64 Å². The van der Waals surface area contributed by atoms with Crippen LogP contribution in [0, 0.1) is 16.7 Å². The van der Waals surface area contributed by atoms with Crippen LogP contribution in [0.1, 0.15) is 75.8 Å². The van der Waals surface area contributed by atoms with Crippen molar-refractivity contribution in [3.63, 3.8) is 0 Å². The van der Waals surface area contributed by atoms with Gasteiger partial charge in [-0.15, -0.1) is 0 Å². The predicted molar refractivity (Wildman–Crippen MR) is 219 cm³/mol. The molecule has 1 spiro atoms. The van der Waals surface area contributed by atoms with E-state index in [1.165, 1.54) is 21.1 Å². The van der Waals surface area contributed by atoms with Crippen LogP contribution in [-0.4, -0.2) is 122 Å². The average Bonchev–Trinajstić information content (AvgIpc) is 3.89. The summed E-state index contributed by atoms with van der Waals surface area (Å²) in [5.74, 6) is -1.30. The maximum atomic E-state index is 15.3. The quantitative estimate of drug-likeness (QED) is 0.151. The highest BCUT2D eigenvalue weighted by atomic mass is 16.6. The van der Waals surface area contributed by atoms with E-state index in [4.69, 9.17) is 18.9 Å². The minimum atomic E-state index is -1.53. The van der Waals surface area contributed by atoms with Crippen molar-refractivity contribution in [1.29, 1.82) is 0 Å². The summed E-state index contributed by atoms with van der Waals surface area (Å²) >= 11 is 0. The number of esters is 3. The zero-order valence-corrected chi connectivity index (χ0v) is 35.1. The molecule has 2 aromatic carbocycles. The summed E-state index contributed by atoms with van der Waals surface area (Å²) < 4.78 is 24.2. The van der Waals surface area contributed by atoms with Crippen molar-refractivity contribution in [2.75, 3.05) is 59.0 Å². The van der Waals surface area contributed by atoms with E-state index in [2.05, 4.69) is 46.0 Å². The van der Waals surface area contributed by atoms with Crippen molar-refractivity contribution in [2.24, 2.45) is 16.7 Å². The number of aliphatic hydroxyl groups is 1. The van der Waals surface area contributed by atoms with Gasteiger partial charge in [-0.25, -0.2) is 0 Å². The number of hydrogen-bond acceptors (Lipinski definition) is 11. The lowest BCUT2D eigenvalue weighted by Crippen LogP contribution is -2.77. The zero-order valence-electron chi connectivity index (χ0n) is 35.1. The lowest BCUT2D eigenvalue weighted by Gasteiger charge is -2.64. The molecule has 314 valence electrons. The minimum absolute atomic E-state index is 0.120. The topological polar surface area (TPSA) is 151 Å². The number of nitrogens with one attached hydrogen (secondary N) is 1. The first kappa shape index (κ1) is 39.7. The van der Waals surface area contributed by atoms with Gasteiger partial charge in [0, 0.05) is 78.2 Å². The summed E-state index contributed by atoms with van der Waals surface area (Å²) in [4.78, 5) is 66.9. The molecule has 3 fully saturated rings. The summed E-state index contributed by atoms with van der Waals surface area (Å²) in [5, 5.41) is 12.7. The molecule has 9 rings (SSSR count). The van der Waals surface area contributed by atoms with E-state index in [0.29, 0.717) is 81.8 Å². The molecular weight excluding hydrogens is 753 g/mol. The molecule has 13 heteroatoms. The number of amides is 1. The Hall–Kier alpha value is -4.72. The largest absolute Gasteiger partial charge is 0.496 e. The number of fused-ring (bicyclic) bond motifs is 6. The molecule has 2 saturated heterocycles. The van der Waals surface area contributed by atoms with Crippen LogP contribution in [0.4, 0.5) is 5.69 Å². The van der Waals surface area contributed by atoms with E-state index >= 15 is 4.79 Å². The van der Waals surface area contributed by atoms with Crippen LogP contribution in [0.3, 0.4) is 0 Å². The van der Waals surface area contributed by atoms with Gasteiger partial charge < -0.3 is 33.9 Å². The third kappa shape index (κ3) is 5.19. The molecule has 59 heavy (non-hydrogen) atoms. The van der Waals surface area contributed by atoms with Crippen LogP contribution in [0.2, 0.25) is 0 Å². The number of H-pyrrole nitrogens is 1. The van der Waals surface area contributed by atoms with Gasteiger partial charge in [-0.05, 0) is 81.7 Å². The molecule has 5 aliphatic heterocycles. The molecule has 1 saturated carbocycles. The Labute approximate surface area is 345 Å². The van der Waals surface area contributed by atoms with Crippen LogP contribution in [0.5, 0.6) is 5.75 Å². The van der Waals surface area contributed by atoms with E-state index in [1.54, 1.807) is 18.9 Å². The Kier molecular flexibility index (Phi) is 9.19. The second-order valence-corrected chi connectivity index (χ2v) is 18.5. The lowest BCUT2D eigenvalue weighted by molar-refractivity contribution is -0.203. The monoisotopic (exact) mass is 808 g/mol. The molecule has 3 aromatic rings. The number of ether oxygens (including phenoxy) is 4. The summed E-state index contributed by atoms with van der Waals surface area (Å²) in [6.07, 6.45) is 6.55.